The summed E-state index contributed by atoms with van der Waals surface area (Å²) in [5.41, 5.74) is 8.27. The Kier molecular flexibility index (Phi) is 4.41. The normalized spacial score (nSPS) is 10.6. The van der Waals surface area contributed by atoms with Crippen molar-refractivity contribution in [1.29, 1.82) is 0 Å². The molecule has 0 fully saturated rings. The molecule has 20 heavy (non-hydrogen) atoms. The Morgan fingerprint density at radius 1 is 1.10 bits per heavy atom. The van der Waals surface area contributed by atoms with Crippen LogP contribution in [0.4, 0.5) is 5.69 Å². The van der Waals surface area contributed by atoms with E-state index in [1.807, 2.05) is 73.3 Å². The molecule has 1 amide bonds. The molecule has 2 aromatic rings. The molecule has 0 aliphatic carbocycles. The molecule has 3 nitrogen and oxygen atoms in total. The predicted molar refractivity (Wildman–Crippen MR) is 82.3 cm³/mol. The number of carbonyl (C=O) groups excluding carboxylic acids is 1. The average molecular weight is 268 g/mol. The van der Waals surface area contributed by atoms with E-state index < -0.39 is 0 Å². The molecular weight excluding hydrogens is 248 g/mol. The first kappa shape index (κ1) is 14.1. The quantitative estimate of drug-likeness (QED) is 0.865. The van der Waals surface area contributed by atoms with Crippen LogP contribution in [0.5, 0.6) is 0 Å². The van der Waals surface area contributed by atoms with Crippen LogP contribution < -0.4 is 5.73 Å². The molecule has 0 unspecified atom stereocenters. The number of benzene rings is 2. The van der Waals surface area contributed by atoms with Crippen molar-refractivity contribution in [3.05, 3.63) is 65.7 Å². The highest BCUT2D eigenvalue weighted by molar-refractivity contribution is 5.94. The van der Waals surface area contributed by atoms with Crippen LogP contribution in [0.1, 0.15) is 29.8 Å². The van der Waals surface area contributed by atoms with Crippen LogP contribution in [0.25, 0.3) is 0 Å². The number of rotatable bonds is 4. The van der Waals surface area contributed by atoms with Gasteiger partial charge in [0.25, 0.3) is 5.91 Å². The fourth-order valence-corrected chi connectivity index (χ4v) is 2.12. The molecule has 0 saturated carbocycles. The van der Waals surface area contributed by atoms with Crippen LogP contribution >= 0.6 is 0 Å². The minimum atomic E-state index is 0.0445. The first-order chi connectivity index (χ1) is 9.58. The van der Waals surface area contributed by atoms with Crippen LogP contribution in [0, 0.1) is 0 Å². The first-order valence-electron chi connectivity index (χ1n) is 6.78. The topological polar surface area (TPSA) is 46.3 Å². The Bertz CT molecular complexity index is 579. The number of hydrogen-bond acceptors (Lipinski definition) is 2. The highest BCUT2D eigenvalue weighted by Crippen LogP contribution is 2.15. The van der Waals surface area contributed by atoms with Crippen molar-refractivity contribution in [2.75, 3.05) is 5.73 Å². The van der Waals surface area contributed by atoms with E-state index in [0.29, 0.717) is 12.1 Å². The second kappa shape index (κ2) is 6.24. The molecule has 0 spiro atoms. The number of nitrogen functional groups attached to an aromatic ring is 1. The number of hydrogen-bond donors (Lipinski definition) is 1. The van der Waals surface area contributed by atoms with Crippen LogP contribution in [0.3, 0.4) is 0 Å². The van der Waals surface area contributed by atoms with E-state index in [0.717, 1.165) is 11.3 Å². The van der Waals surface area contributed by atoms with Crippen molar-refractivity contribution in [2.24, 2.45) is 0 Å². The van der Waals surface area contributed by atoms with E-state index in [-0.39, 0.29) is 11.9 Å². The van der Waals surface area contributed by atoms with Gasteiger partial charge in [0.2, 0.25) is 0 Å². The van der Waals surface area contributed by atoms with Crippen LogP contribution in [-0.2, 0) is 6.54 Å². The van der Waals surface area contributed by atoms with E-state index >= 15 is 0 Å². The number of nitrogens with zero attached hydrogens (tertiary/aromatic N) is 1. The Morgan fingerprint density at radius 2 is 1.80 bits per heavy atom. The van der Waals surface area contributed by atoms with Gasteiger partial charge in [-0.1, -0.05) is 30.3 Å². The molecule has 0 heterocycles. The minimum Gasteiger partial charge on any atom is -0.399 e. The second-order valence-electron chi connectivity index (χ2n) is 5.14. The summed E-state index contributed by atoms with van der Waals surface area (Å²) in [6.07, 6.45) is 0. The fraction of sp³-hybridized carbons (Fsp3) is 0.235. The van der Waals surface area contributed by atoms with Gasteiger partial charge in [0, 0.05) is 23.8 Å². The lowest BCUT2D eigenvalue weighted by atomic mass is 10.1. The maximum Gasteiger partial charge on any atom is 0.254 e. The van der Waals surface area contributed by atoms with Crippen molar-refractivity contribution < 1.29 is 4.79 Å². The largest absolute Gasteiger partial charge is 0.399 e. The van der Waals surface area contributed by atoms with E-state index in [4.69, 9.17) is 5.73 Å². The minimum absolute atomic E-state index is 0.0445. The lowest BCUT2D eigenvalue weighted by Gasteiger charge is -2.27. The van der Waals surface area contributed by atoms with Gasteiger partial charge in [0.1, 0.15) is 0 Å². The lowest BCUT2D eigenvalue weighted by molar-refractivity contribution is 0.0690. The van der Waals surface area contributed by atoms with Gasteiger partial charge in [-0.25, -0.2) is 0 Å². The molecule has 2 aromatic carbocycles. The molecule has 0 aliphatic rings. The van der Waals surface area contributed by atoms with Gasteiger partial charge in [0.05, 0.1) is 0 Å². The third-order valence-corrected chi connectivity index (χ3v) is 3.21. The third-order valence-electron chi connectivity index (χ3n) is 3.21. The summed E-state index contributed by atoms with van der Waals surface area (Å²) in [5.74, 6) is 0.0445. The Hall–Kier alpha value is -2.29. The van der Waals surface area contributed by atoms with Gasteiger partial charge in [0.15, 0.2) is 0 Å². The van der Waals surface area contributed by atoms with Crippen molar-refractivity contribution in [3.8, 4) is 0 Å². The summed E-state index contributed by atoms with van der Waals surface area (Å²) in [5, 5.41) is 0. The SMILES string of the molecule is CC(C)N(Cc1cccc(N)c1)C(=O)c1ccccc1. The molecule has 2 N–H and O–H groups in total. The summed E-state index contributed by atoms with van der Waals surface area (Å²) in [6, 6.07) is 17.2. The molecule has 0 aromatic heterocycles. The number of nitrogens with two attached hydrogens (primary N) is 1. The monoisotopic (exact) mass is 268 g/mol. The number of carbonyl (C=O) groups is 1. The Labute approximate surface area is 120 Å². The van der Waals surface area contributed by atoms with E-state index in [2.05, 4.69) is 0 Å². The van der Waals surface area contributed by atoms with Crippen molar-refractivity contribution >= 4 is 11.6 Å². The van der Waals surface area contributed by atoms with Gasteiger partial charge in [-0.15, -0.1) is 0 Å². The van der Waals surface area contributed by atoms with Gasteiger partial charge in [-0.05, 0) is 43.7 Å². The van der Waals surface area contributed by atoms with E-state index in [1.165, 1.54) is 0 Å². The Morgan fingerprint density at radius 3 is 2.40 bits per heavy atom. The summed E-state index contributed by atoms with van der Waals surface area (Å²) >= 11 is 0. The zero-order valence-corrected chi connectivity index (χ0v) is 11.9. The maximum atomic E-state index is 12.6. The third kappa shape index (κ3) is 3.38. The molecule has 104 valence electrons. The number of anilines is 1. The summed E-state index contributed by atoms with van der Waals surface area (Å²) in [6.45, 7) is 4.61. The summed E-state index contributed by atoms with van der Waals surface area (Å²) < 4.78 is 0. The van der Waals surface area contributed by atoms with Crippen molar-refractivity contribution in [2.45, 2.75) is 26.4 Å². The van der Waals surface area contributed by atoms with Crippen LogP contribution in [-0.4, -0.2) is 16.8 Å². The molecule has 0 radical (unpaired) electrons. The van der Waals surface area contributed by atoms with Crippen molar-refractivity contribution in [3.63, 3.8) is 0 Å². The molecular formula is C17H20N2O. The van der Waals surface area contributed by atoms with E-state index in [9.17, 15) is 4.79 Å². The molecule has 0 atom stereocenters. The lowest BCUT2D eigenvalue weighted by Crippen LogP contribution is -2.36. The van der Waals surface area contributed by atoms with Gasteiger partial charge in [-0.2, -0.15) is 0 Å². The van der Waals surface area contributed by atoms with Crippen LogP contribution in [0.2, 0.25) is 0 Å². The smallest absolute Gasteiger partial charge is 0.254 e. The van der Waals surface area contributed by atoms with Gasteiger partial charge < -0.3 is 10.6 Å². The zero-order valence-electron chi connectivity index (χ0n) is 11.9. The predicted octanol–water partition coefficient (Wildman–Crippen LogP) is 3.32. The van der Waals surface area contributed by atoms with Gasteiger partial charge >= 0.3 is 0 Å². The second-order valence-corrected chi connectivity index (χ2v) is 5.14. The van der Waals surface area contributed by atoms with Crippen molar-refractivity contribution in [1.82, 2.24) is 4.90 Å². The standard InChI is InChI=1S/C17H20N2O/c1-13(2)19(12-14-7-6-10-16(18)11-14)17(20)15-8-4-3-5-9-15/h3-11,13H,12,18H2,1-2H3. The Balaban J connectivity index is 2.22. The van der Waals surface area contributed by atoms with Gasteiger partial charge in [-0.3, -0.25) is 4.79 Å². The highest BCUT2D eigenvalue weighted by atomic mass is 16.2. The van der Waals surface area contributed by atoms with E-state index in [1.54, 1.807) is 0 Å². The fourth-order valence-electron chi connectivity index (χ4n) is 2.12. The van der Waals surface area contributed by atoms with Crippen LogP contribution in [0.15, 0.2) is 54.6 Å². The maximum absolute atomic E-state index is 12.6. The highest BCUT2D eigenvalue weighted by Gasteiger charge is 2.18. The number of amides is 1. The molecule has 0 saturated heterocycles. The molecule has 0 bridgehead atoms. The average Bonchev–Trinajstić information content (AvgIpc) is 2.45. The molecule has 2 rings (SSSR count). The molecule has 0 aliphatic heterocycles. The summed E-state index contributed by atoms with van der Waals surface area (Å²) in [4.78, 5) is 14.4. The summed E-state index contributed by atoms with van der Waals surface area (Å²) in [7, 11) is 0. The zero-order chi connectivity index (χ0) is 14.5. The first-order valence-corrected chi connectivity index (χ1v) is 6.78. The molecule has 3 heteroatoms.